The van der Waals surface area contributed by atoms with E-state index in [-0.39, 0.29) is 30.7 Å². The average Bonchev–Trinajstić information content (AvgIpc) is 2.59. The van der Waals surface area contributed by atoms with E-state index in [1.54, 1.807) is 30.0 Å². The van der Waals surface area contributed by atoms with Crippen molar-refractivity contribution in [1.29, 1.82) is 0 Å². The number of hydrogen-bond donors (Lipinski definition) is 0. The molecule has 1 aliphatic heterocycles. The van der Waals surface area contributed by atoms with Gasteiger partial charge in [-0.25, -0.2) is 4.39 Å². The highest BCUT2D eigenvalue weighted by Crippen LogP contribution is 2.19. The molecule has 0 saturated carbocycles. The van der Waals surface area contributed by atoms with Crippen LogP contribution in [0.2, 0.25) is 0 Å². The van der Waals surface area contributed by atoms with Crippen LogP contribution in [0.3, 0.4) is 0 Å². The summed E-state index contributed by atoms with van der Waals surface area (Å²) >= 11 is 0. The molecule has 0 N–H and O–H groups in total. The number of carbonyl (C=O) groups is 2. The highest BCUT2D eigenvalue weighted by Gasteiger charge is 2.36. The fraction of sp³-hybridized carbons (Fsp3) is 0.263. The first kappa shape index (κ1) is 16.2. The maximum absolute atomic E-state index is 13.8. The third kappa shape index (κ3) is 3.30. The molecule has 0 aromatic heterocycles. The summed E-state index contributed by atoms with van der Waals surface area (Å²) in [5.41, 5.74) is 1.40. The summed E-state index contributed by atoms with van der Waals surface area (Å²) in [7, 11) is 0. The number of hydrogen-bond acceptors (Lipinski definition) is 2. The third-order valence-electron chi connectivity index (χ3n) is 4.30. The lowest BCUT2D eigenvalue weighted by Crippen LogP contribution is -2.58. The number of benzene rings is 2. The highest BCUT2D eigenvalue weighted by molar-refractivity contribution is 5.94. The van der Waals surface area contributed by atoms with Crippen LogP contribution >= 0.6 is 0 Å². The maximum atomic E-state index is 13.8. The Hall–Kier alpha value is -2.69. The van der Waals surface area contributed by atoms with Gasteiger partial charge in [0, 0.05) is 18.7 Å². The molecule has 0 spiro atoms. The van der Waals surface area contributed by atoms with Crippen molar-refractivity contribution in [1.82, 2.24) is 9.80 Å². The molecule has 4 nitrogen and oxygen atoms in total. The minimum atomic E-state index is -0.602. The van der Waals surface area contributed by atoms with Gasteiger partial charge in [-0.1, -0.05) is 48.5 Å². The smallest absolute Gasteiger partial charge is 0.245 e. The van der Waals surface area contributed by atoms with Crippen molar-refractivity contribution in [2.45, 2.75) is 26.1 Å². The number of nitrogens with zero attached hydrogens (tertiary/aromatic N) is 2. The summed E-state index contributed by atoms with van der Waals surface area (Å²) in [4.78, 5) is 28.1. The van der Waals surface area contributed by atoms with Crippen molar-refractivity contribution in [3.05, 3.63) is 71.5 Å². The van der Waals surface area contributed by atoms with Crippen molar-refractivity contribution >= 4 is 11.8 Å². The van der Waals surface area contributed by atoms with Gasteiger partial charge in [0.2, 0.25) is 11.8 Å². The lowest BCUT2D eigenvalue weighted by Gasteiger charge is -2.38. The van der Waals surface area contributed by atoms with E-state index >= 15 is 0 Å². The topological polar surface area (TPSA) is 40.6 Å². The zero-order valence-electron chi connectivity index (χ0n) is 13.5. The number of carbonyl (C=O) groups excluding carboxylic acids is 2. The SMILES string of the molecule is C[C@@H]1C(=O)N(Cc2ccccc2)CC(=O)N1Cc1ccccc1F. The molecule has 24 heavy (non-hydrogen) atoms. The summed E-state index contributed by atoms with van der Waals surface area (Å²) in [6, 6.07) is 15.3. The largest absolute Gasteiger partial charge is 0.327 e. The molecule has 1 aliphatic rings. The minimum absolute atomic E-state index is 0.0204. The van der Waals surface area contributed by atoms with E-state index in [0.717, 1.165) is 5.56 Å². The normalized spacial score (nSPS) is 18.2. The Labute approximate surface area is 140 Å². The quantitative estimate of drug-likeness (QED) is 0.866. The fourth-order valence-corrected chi connectivity index (χ4v) is 2.92. The lowest BCUT2D eigenvalue weighted by atomic mass is 10.1. The Morgan fingerprint density at radius 1 is 1.00 bits per heavy atom. The van der Waals surface area contributed by atoms with Crippen molar-refractivity contribution in [3.63, 3.8) is 0 Å². The van der Waals surface area contributed by atoms with Crippen LogP contribution in [0.4, 0.5) is 4.39 Å². The minimum Gasteiger partial charge on any atom is -0.327 e. The molecular formula is C19H19FN2O2. The summed E-state index contributed by atoms with van der Waals surface area (Å²) in [5, 5.41) is 0. The van der Waals surface area contributed by atoms with Gasteiger partial charge in [-0.3, -0.25) is 9.59 Å². The molecule has 2 amide bonds. The Kier molecular flexibility index (Phi) is 4.60. The molecule has 0 bridgehead atoms. The van der Waals surface area contributed by atoms with E-state index < -0.39 is 6.04 Å². The van der Waals surface area contributed by atoms with Gasteiger partial charge in [0.25, 0.3) is 0 Å². The Morgan fingerprint density at radius 3 is 2.38 bits per heavy atom. The lowest BCUT2D eigenvalue weighted by molar-refractivity contribution is -0.156. The van der Waals surface area contributed by atoms with E-state index in [1.165, 1.54) is 11.0 Å². The molecule has 0 radical (unpaired) electrons. The van der Waals surface area contributed by atoms with Crippen LogP contribution in [0.25, 0.3) is 0 Å². The van der Waals surface area contributed by atoms with Crippen molar-refractivity contribution in [3.8, 4) is 0 Å². The summed E-state index contributed by atoms with van der Waals surface area (Å²) < 4.78 is 13.8. The molecule has 2 aromatic carbocycles. The number of piperazine rings is 1. The van der Waals surface area contributed by atoms with E-state index in [2.05, 4.69) is 0 Å². The fourth-order valence-electron chi connectivity index (χ4n) is 2.92. The average molecular weight is 326 g/mol. The van der Waals surface area contributed by atoms with Gasteiger partial charge >= 0.3 is 0 Å². The molecule has 1 fully saturated rings. The molecule has 0 aliphatic carbocycles. The Bertz CT molecular complexity index is 748. The molecule has 2 aromatic rings. The van der Waals surface area contributed by atoms with Crippen LogP contribution in [-0.4, -0.2) is 34.2 Å². The van der Waals surface area contributed by atoms with Gasteiger partial charge < -0.3 is 9.80 Å². The number of rotatable bonds is 4. The number of halogens is 1. The maximum Gasteiger partial charge on any atom is 0.245 e. The summed E-state index contributed by atoms with van der Waals surface area (Å²) in [6.07, 6.45) is 0. The van der Waals surface area contributed by atoms with Crippen LogP contribution in [-0.2, 0) is 22.7 Å². The van der Waals surface area contributed by atoms with Gasteiger partial charge in [0.1, 0.15) is 18.4 Å². The first-order valence-electron chi connectivity index (χ1n) is 7.92. The van der Waals surface area contributed by atoms with Crippen LogP contribution in [0.1, 0.15) is 18.1 Å². The van der Waals surface area contributed by atoms with Crippen LogP contribution < -0.4 is 0 Å². The van der Waals surface area contributed by atoms with Crippen molar-refractivity contribution in [2.75, 3.05) is 6.54 Å². The van der Waals surface area contributed by atoms with Gasteiger partial charge in [0.15, 0.2) is 0 Å². The van der Waals surface area contributed by atoms with Gasteiger partial charge in [-0.05, 0) is 18.6 Å². The highest BCUT2D eigenvalue weighted by atomic mass is 19.1. The van der Waals surface area contributed by atoms with Crippen molar-refractivity contribution in [2.24, 2.45) is 0 Å². The van der Waals surface area contributed by atoms with Gasteiger partial charge in [-0.15, -0.1) is 0 Å². The molecule has 0 unspecified atom stereocenters. The first-order chi connectivity index (χ1) is 11.6. The summed E-state index contributed by atoms with van der Waals surface area (Å²) in [5.74, 6) is -0.646. The molecule has 1 heterocycles. The van der Waals surface area contributed by atoms with Crippen LogP contribution in [0, 0.1) is 5.82 Å². The van der Waals surface area contributed by atoms with Crippen molar-refractivity contribution < 1.29 is 14.0 Å². The monoisotopic (exact) mass is 326 g/mol. The standard InChI is InChI=1S/C19H19FN2O2/c1-14-19(24)21(11-15-7-3-2-4-8-15)13-18(23)22(14)12-16-9-5-6-10-17(16)20/h2-10,14H,11-13H2,1H3/t14-/m1/s1. The molecule has 1 saturated heterocycles. The van der Waals surface area contributed by atoms with E-state index in [4.69, 9.17) is 0 Å². The first-order valence-corrected chi connectivity index (χ1v) is 7.92. The van der Waals surface area contributed by atoms with E-state index in [1.807, 2.05) is 30.3 Å². The van der Waals surface area contributed by atoms with Crippen LogP contribution in [0.5, 0.6) is 0 Å². The van der Waals surface area contributed by atoms with E-state index in [0.29, 0.717) is 12.1 Å². The second kappa shape index (κ2) is 6.83. The number of amides is 2. The van der Waals surface area contributed by atoms with E-state index in [9.17, 15) is 14.0 Å². The molecule has 1 atom stereocenters. The zero-order valence-corrected chi connectivity index (χ0v) is 13.5. The predicted octanol–water partition coefficient (Wildman–Crippen LogP) is 2.59. The molecule has 5 heteroatoms. The molecule has 3 rings (SSSR count). The second-order valence-corrected chi connectivity index (χ2v) is 5.97. The summed E-state index contributed by atoms with van der Waals surface area (Å²) in [6.45, 7) is 2.23. The predicted molar refractivity (Wildman–Crippen MR) is 88.3 cm³/mol. The second-order valence-electron chi connectivity index (χ2n) is 5.97. The Morgan fingerprint density at radius 2 is 1.67 bits per heavy atom. The zero-order chi connectivity index (χ0) is 17.1. The van der Waals surface area contributed by atoms with Gasteiger partial charge in [-0.2, -0.15) is 0 Å². The molecular weight excluding hydrogens is 307 g/mol. The Balaban J connectivity index is 1.74. The molecule has 124 valence electrons. The van der Waals surface area contributed by atoms with Crippen LogP contribution in [0.15, 0.2) is 54.6 Å². The van der Waals surface area contributed by atoms with Gasteiger partial charge in [0.05, 0.1) is 0 Å². The third-order valence-corrected chi connectivity index (χ3v) is 4.30.